The lowest BCUT2D eigenvalue weighted by molar-refractivity contribution is 0.686. The standard InChI is InChI=1S/C13H24N4/c1-5-6-14-7-8-15-12-9-11(4)16-13(17-12)10(2)3/h9-10,14H,5-8H2,1-4H3,(H,15,16,17). The van der Waals surface area contributed by atoms with Crippen LogP contribution >= 0.6 is 0 Å². The van der Waals surface area contributed by atoms with Gasteiger partial charge in [-0.3, -0.25) is 0 Å². The van der Waals surface area contributed by atoms with Crippen LogP contribution in [0.2, 0.25) is 0 Å². The lowest BCUT2D eigenvalue weighted by Crippen LogP contribution is -2.23. The predicted molar refractivity (Wildman–Crippen MR) is 72.5 cm³/mol. The molecule has 4 nitrogen and oxygen atoms in total. The summed E-state index contributed by atoms with van der Waals surface area (Å²) in [6.07, 6.45) is 1.17. The molecule has 0 atom stereocenters. The Morgan fingerprint density at radius 1 is 1.18 bits per heavy atom. The van der Waals surface area contributed by atoms with E-state index >= 15 is 0 Å². The predicted octanol–water partition coefficient (Wildman–Crippen LogP) is 2.32. The van der Waals surface area contributed by atoms with Crippen molar-refractivity contribution in [1.82, 2.24) is 15.3 Å². The molecule has 4 heteroatoms. The molecule has 0 aromatic carbocycles. The topological polar surface area (TPSA) is 49.8 Å². The summed E-state index contributed by atoms with van der Waals surface area (Å²) in [5.41, 5.74) is 1.02. The van der Waals surface area contributed by atoms with E-state index in [0.717, 1.165) is 37.0 Å². The van der Waals surface area contributed by atoms with E-state index in [9.17, 15) is 0 Å². The molecule has 1 aromatic heterocycles. The van der Waals surface area contributed by atoms with Gasteiger partial charge in [0.1, 0.15) is 11.6 Å². The van der Waals surface area contributed by atoms with Gasteiger partial charge in [0.25, 0.3) is 0 Å². The summed E-state index contributed by atoms with van der Waals surface area (Å²) in [6, 6.07) is 1.99. The van der Waals surface area contributed by atoms with Crippen molar-refractivity contribution in [3.05, 3.63) is 17.6 Å². The average molecular weight is 236 g/mol. The summed E-state index contributed by atoms with van der Waals surface area (Å²) in [5.74, 6) is 2.21. The SMILES string of the molecule is CCCNCCNc1cc(C)nc(C(C)C)n1. The van der Waals surface area contributed by atoms with Crippen molar-refractivity contribution < 1.29 is 0 Å². The van der Waals surface area contributed by atoms with Crippen LogP contribution in [0.25, 0.3) is 0 Å². The Bertz CT molecular complexity index is 336. The number of nitrogens with zero attached hydrogens (tertiary/aromatic N) is 2. The highest BCUT2D eigenvalue weighted by atomic mass is 15.0. The minimum absolute atomic E-state index is 0.369. The zero-order valence-corrected chi connectivity index (χ0v) is 11.4. The van der Waals surface area contributed by atoms with E-state index in [4.69, 9.17) is 0 Å². The fourth-order valence-electron chi connectivity index (χ4n) is 1.52. The molecule has 0 aliphatic heterocycles. The number of aromatic nitrogens is 2. The van der Waals surface area contributed by atoms with Gasteiger partial charge >= 0.3 is 0 Å². The molecule has 2 N–H and O–H groups in total. The first kappa shape index (κ1) is 13.9. The number of aryl methyl sites for hydroxylation is 1. The number of rotatable bonds is 7. The van der Waals surface area contributed by atoms with Gasteiger partial charge in [0.15, 0.2) is 0 Å². The van der Waals surface area contributed by atoms with E-state index in [0.29, 0.717) is 5.92 Å². The van der Waals surface area contributed by atoms with Crippen molar-refractivity contribution in [2.75, 3.05) is 25.0 Å². The maximum atomic E-state index is 4.50. The molecule has 17 heavy (non-hydrogen) atoms. The van der Waals surface area contributed by atoms with Crippen LogP contribution < -0.4 is 10.6 Å². The third-order valence-electron chi connectivity index (χ3n) is 2.42. The number of nitrogens with one attached hydrogen (secondary N) is 2. The van der Waals surface area contributed by atoms with E-state index in [-0.39, 0.29) is 0 Å². The molecule has 0 aliphatic carbocycles. The molecule has 1 heterocycles. The Kier molecular flexibility index (Phi) is 5.91. The first-order valence-corrected chi connectivity index (χ1v) is 6.43. The highest BCUT2D eigenvalue weighted by Crippen LogP contribution is 2.13. The van der Waals surface area contributed by atoms with Crippen molar-refractivity contribution in [1.29, 1.82) is 0 Å². The van der Waals surface area contributed by atoms with Gasteiger partial charge in [-0.25, -0.2) is 9.97 Å². The third-order valence-corrected chi connectivity index (χ3v) is 2.42. The van der Waals surface area contributed by atoms with E-state index in [1.807, 2.05) is 13.0 Å². The summed E-state index contributed by atoms with van der Waals surface area (Å²) < 4.78 is 0. The summed E-state index contributed by atoms with van der Waals surface area (Å²) in [4.78, 5) is 8.93. The Morgan fingerprint density at radius 2 is 1.94 bits per heavy atom. The van der Waals surface area contributed by atoms with Gasteiger partial charge in [0, 0.05) is 30.8 Å². The Labute approximate surface area is 104 Å². The van der Waals surface area contributed by atoms with Gasteiger partial charge in [0.05, 0.1) is 0 Å². The van der Waals surface area contributed by atoms with Crippen LogP contribution in [0.5, 0.6) is 0 Å². The summed E-state index contributed by atoms with van der Waals surface area (Å²) in [5, 5.41) is 6.68. The van der Waals surface area contributed by atoms with Crippen molar-refractivity contribution >= 4 is 5.82 Å². The quantitative estimate of drug-likeness (QED) is 0.713. The summed E-state index contributed by atoms with van der Waals surface area (Å²) in [6.45, 7) is 11.3. The molecular formula is C13H24N4. The van der Waals surface area contributed by atoms with Gasteiger partial charge in [-0.1, -0.05) is 20.8 Å². The van der Waals surface area contributed by atoms with Crippen molar-refractivity contribution in [2.45, 2.75) is 40.0 Å². The third kappa shape index (κ3) is 5.13. The maximum absolute atomic E-state index is 4.50. The van der Waals surface area contributed by atoms with Crippen LogP contribution in [0.4, 0.5) is 5.82 Å². The molecule has 0 fully saturated rings. The number of hydrogen-bond acceptors (Lipinski definition) is 4. The van der Waals surface area contributed by atoms with Gasteiger partial charge in [-0.2, -0.15) is 0 Å². The molecule has 0 bridgehead atoms. The lowest BCUT2D eigenvalue weighted by atomic mass is 10.2. The molecule has 1 aromatic rings. The van der Waals surface area contributed by atoms with Crippen LogP contribution in [0, 0.1) is 6.92 Å². The molecule has 0 aliphatic rings. The maximum Gasteiger partial charge on any atom is 0.133 e. The average Bonchev–Trinajstić information content (AvgIpc) is 2.28. The number of anilines is 1. The van der Waals surface area contributed by atoms with Gasteiger partial charge < -0.3 is 10.6 Å². The highest BCUT2D eigenvalue weighted by molar-refractivity contribution is 5.36. The Hall–Kier alpha value is -1.16. The van der Waals surface area contributed by atoms with Crippen molar-refractivity contribution in [3.8, 4) is 0 Å². The monoisotopic (exact) mass is 236 g/mol. The van der Waals surface area contributed by atoms with Crippen molar-refractivity contribution in [2.24, 2.45) is 0 Å². The van der Waals surface area contributed by atoms with Crippen LogP contribution in [0.3, 0.4) is 0 Å². The smallest absolute Gasteiger partial charge is 0.133 e. The first-order chi connectivity index (χ1) is 8.13. The second-order valence-electron chi connectivity index (χ2n) is 4.58. The van der Waals surface area contributed by atoms with E-state index in [2.05, 4.69) is 41.4 Å². The second-order valence-corrected chi connectivity index (χ2v) is 4.58. The van der Waals surface area contributed by atoms with E-state index in [1.54, 1.807) is 0 Å². The van der Waals surface area contributed by atoms with E-state index < -0.39 is 0 Å². The summed E-state index contributed by atoms with van der Waals surface area (Å²) in [7, 11) is 0. The first-order valence-electron chi connectivity index (χ1n) is 6.43. The second kappa shape index (κ2) is 7.22. The Balaban J connectivity index is 2.47. The largest absolute Gasteiger partial charge is 0.369 e. The van der Waals surface area contributed by atoms with Crippen LogP contribution in [-0.2, 0) is 0 Å². The molecule has 0 saturated heterocycles. The normalized spacial score (nSPS) is 10.9. The molecule has 1 rings (SSSR count). The molecule has 0 radical (unpaired) electrons. The number of hydrogen-bond donors (Lipinski definition) is 2. The van der Waals surface area contributed by atoms with Gasteiger partial charge in [-0.15, -0.1) is 0 Å². The van der Waals surface area contributed by atoms with E-state index in [1.165, 1.54) is 6.42 Å². The van der Waals surface area contributed by atoms with Crippen LogP contribution in [0.1, 0.15) is 44.6 Å². The lowest BCUT2D eigenvalue weighted by Gasteiger charge is -2.10. The molecule has 96 valence electrons. The van der Waals surface area contributed by atoms with Gasteiger partial charge in [-0.05, 0) is 19.9 Å². The molecule has 0 saturated carbocycles. The molecule has 0 spiro atoms. The molecule has 0 unspecified atom stereocenters. The van der Waals surface area contributed by atoms with Gasteiger partial charge in [0.2, 0.25) is 0 Å². The fraction of sp³-hybridized carbons (Fsp3) is 0.692. The molecular weight excluding hydrogens is 212 g/mol. The highest BCUT2D eigenvalue weighted by Gasteiger charge is 2.05. The van der Waals surface area contributed by atoms with Crippen LogP contribution in [0.15, 0.2) is 6.07 Å². The molecule has 0 amide bonds. The van der Waals surface area contributed by atoms with Crippen molar-refractivity contribution in [3.63, 3.8) is 0 Å². The van der Waals surface area contributed by atoms with Crippen LogP contribution in [-0.4, -0.2) is 29.6 Å². The minimum atomic E-state index is 0.369. The minimum Gasteiger partial charge on any atom is -0.369 e. The summed E-state index contributed by atoms with van der Waals surface area (Å²) >= 11 is 0. The fourth-order valence-corrected chi connectivity index (χ4v) is 1.52. The zero-order valence-electron chi connectivity index (χ0n) is 11.4. The Morgan fingerprint density at radius 3 is 2.59 bits per heavy atom. The zero-order chi connectivity index (χ0) is 12.7.